The molecular weight excluding hydrogens is 711 g/mol. The third-order valence-corrected chi connectivity index (χ3v) is 10.8. The second-order valence-corrected chi connectivity index (χ2v) is 16.5. The van der Waals surface area contributed by atoms with Gasteiger partial charge in [0, 0.05) is 6.42 Å². The summed E-state index contributed by atoms with van der Waals surface area (Å²) in [6, 6.07) is -0.649. The van der Waals surface area contributed by atoms with Crippen LogP contribution >= 0.6 is 0 Å². The number of carbonyl (C=O) groups is 1. The molecule has 0 spiro atoms. The molecule has 0 fully saturated rings. The van der Waals surface area contributed by atoms with Crippen molar-refractivity contribution in [1.29, 1.82) is 0 Å². The molecule has 2 unspecified atom stereocenters. The van der Waals surface area contributed by atoms with Crippen LogP contribution in [0.4, 0.5) is 0 Å². The fourth-order valence-electron chi connectivity index (χ4n) is 7.08. The minimum Gasteiger partial charge on any atom is -0.394 e. The number of hydrogen-bond donors (Lipinski definition) is 3. The van der Waals surface area contributed by atoms with E-state index >= 15 is 0 Å². The number of aliphatic hydroxyl groups excluding tert-OH is 2. The summed E-state index contributed by atoms with van der Waals surface area (Å²) in [5.74, 6) is -0.0800. The molecule has 0 saturated heterocycles. The van der Waals surface area contributed by atoms with Crippen LogP contribution in [0.25, 0.3) is 0 Å². The van der Waals surface area contributed by atoms with E-state index in [2.05, 4.69) is 92.1 Å². The largest absolute Gasteiger partial charge is 0.394 e. The van der Waals surface area contributed by atoms with Gasteiger partial charge in [0.05, 0.1) is 18.8 Å². The molecule has 0 heterocycles. The first kappa shape index (κ1) is 55.6. The predicted octanol–water partition coefficient (Wildman–Crippen LogP) is 16.0. The lowest BCUT2D eigenvalue weighted by Gasteiger charge is -2.19. The number of nitrogens with one attached hydrogen (secondary N) is 1. The molecule has 3 N–H and O–H groups in total. The maximum Gasteiger partial charge on any atom is 0.220 e. The van der Waals surface area contributed by atoms with E-state index in [1.807, 2.05) is 6.08 Å². The van der Waals surface area contributed by atoms with E-state index in [-0.39, 0.29) is 12.5 Å². The van der Waals surface area contributed by atoms with E-state index in [4.69, 9.17) is 0 Å². The first-order valence-electron chi connectivity index (χ1n) is 24.8. The quantitative estimate of drug-likeness (QED) is 0.0424. The van der Waals surface area contributed by atoms with Gasteiger partial charge in [-0.05, 0) is 83.5 Å². The Balaban J connectivity index is 3.57. The van der Waals surface area contributed by atoms with Crippen molar-refractivity contribution in [3.05, 3.63) is 85.1 Å². The van der Waals surface area contributed by atoms with E-state index in [0.717, 1.165) is 64.2 Å². The van der Waals surface area contributed by atoms with Crippen LogP contribution in [0.15, 0.2) is 85.1 Å². The molecule has 0 saturated carbocycles. The Morgan fingerprint density at radius 1 is 0.431 bits per heavy atom. The highest BCUT2D eigenvalue weighted by Crippen LogP contribution is 2.15. The van der Waals surface area contributed by atoms with Crippen molar-refractivity contribution in [2.24, 2.45) is 0 Å². The Hall–Kier alpha value is -2.43. The first-order valence-corrected chi connectivity index (χ1v) is 24.8. The Bertz CT molecular complexity index is 1050. The fourth-order valence-corrected chi connectivity index (χ4v) is 7.08. The molecule has 1 amide bonds. The minimum atomic E-state index is -0.873. The summed E-state index contributed by atoms with van der Waals surface area (Å²) >= 11 is 0. The number of aliphatic hydroxyl groups is 2. The summed E-state index contributed by atoms with van der Waals surface area (Å²) in [5, 5.41) is 23.0. The zero-order chi connectivity index (χ0) is 42.1. The van der Waals surface area contributed by atoms with Gasteiger partial charge < -0.3 is 15.5 Å². The highest BCUT2D eigenvalue weighted by molar-refractivity contribution is 5.76. The molecular formula is C54H95NO3. The molecule has 0 aromatic carbocycles. The Morgan fingerprint density at radius 2 is 0.776 bits per heavy atom. The smallest absolute Gasteiger partial charge is 0.220 e. The number of hydrogen-bond acceptors (Lipinski definition) is 3. The van der Waals surface area contributed by atoms with Crippen LogP contribution in [0.3, 0.4) is 0 Å². The molecule has 0 bridgehead atoms. The van der Waals surface area contributed by atoms with Crippen LogP contribution in [0, 0.1) is 0 Å². The second-order valence-electron chi connectivity index (χ2n) is 16.5. The molecule has 58 heavy (non-hydrogen) atoms. The van der Waals surface area contributed by atoms with Gasteiger partial charge in [0.25, 0.3) is 0 Å². The van der Waals surface area contributed by atoms with Crippen molar-refractivity contribution in [2.45, 2.75) is 244 Å². The molecule has 0 rings (SSSR count). The van der Waals surface area contributed by atoms with Crippen molar-refractivity contribution >= 4 is 5.91 Å². The normalized spacial score (nSPS) is 13.7. The zero-order valence-corrected chi connectivity index (χ0v) is 38.3. The number of unbranched alkanes of at least 4 members (excludes halogenated alkanes) is 25. The van der Waals surface area contributed by atoms with E-state index in [9.17, 15) is 15.0 Å². The van der Waals surface area contributed by atoms with Gasteiger partial charge in [0.15, 0.2) is 0 Å². The Labute approximate surface area is 361 Å². The van der Waals surface area contributed by atoms with E-state index in [1.165, 1.54) is 148 Å². The van der Waals surface area contributed by atoms with Crippen molar-refractivity contribution in [2.75, 3.05) is 6.61 Å². The van der Waals surface area contributed by atoms with Crippen LogP contribution < -0.4 is 5.32 Å². The minimum absolute atomic E-state index is 0.0800. The molecule has 0 radical (unpaired) electrons. The van der Waals surface area contributed by atoms with Gasteiger partial charge >= 0.3 is 0 Å². The average Bonchev–Trinajstić information content (AvgIpc) is 3.23. The third-order valence-electron chi connectivity index (χ3n) is 10.8. The van der Waals surface area contributed by atoms with Crippen LogP contribution in [0.2, 0.25) is 0 Å². The van der Waals surface area contributed by atoms with E-state index < -0.39 is 12.1 Å². The second kappa shape index (κ2) is 48.9. The van der Waals surface area contributed by atoms with Gasteiger partial charge in [-0.2, -0.15) is 0 Å². The van der Waals surface area contributed by atoms with Gasteiger partial charge in [0.2, 0.25) is 5.91 Å². The monoisotopic (exact) mass is 806 g/mol. The molecule has 4 heteroatoms. The molecule has 0 aromatic rings. The van der Waals surface area contributed by atoms with Gasteiger partial charge in [-0.1, -0.05) is 227 Å². The standard InChI is InChI=1S/C54H95NO3/c1-3-5-7-9-11-13-15-17-19-21-22-23-24-25-26-27-28-29-30-31-32-34-36-38-40-42-44-46-48-50-54(58)55-52(51-56)53(57)49-47-45-43-41-39-37-35-33-20-18-16-14-12-10-8-6-4-2/h5,7,11,13,17,19-20,22-23,33,39,41,47,49,52-53,56-57H,3-4,6,8-10,12,14-16,18,21,24-32,34-38,40,42-46,48,50-51H2,1-2H3,(H,55,58)/b7-5-,13-11-,19-17-,23-22-,33-20+,41-39+,49-47+. The number of amides is 1. The summed E-state index contributed by atoms with van der Waals surface area (Å²) in [4.78, 5) is 12.4. The average molecular weight is 806 g/mol. The lowest BCUT2D eigenvalue weighted by Crippen LogP contribution is -2.45. The maximum absolute atomic E-state index is 12.4. The maximum atomic E-state index is 12.4. The summed E-state index contributed by atoms with van der Waals surface area (Å²) in [5.41, 5.74) is 0. The molecule has 0 aliphatic rings. The van der Waals surface area contributed by atoms with Crippen LogP contribution in [-0.4, -0.2) is 34.9 Å². The van der Waals surface area contributed by atoms with Crippen LogP contribution in [-0.2, 0) is 4.79 Å². The fraction of sp³-hybridized carbons (Fsp3) is 0.722. The third kappa shape index (κ3) is 44.7. The number of carbonyl (C=O) groups excluding carboxylic acids is 1. The molecule has 0 aromatic heterocycles. The molecule has 0 aliphatic heterocycles. The van der Waals surface area contributed by atoms with Crippen molar-refractivity contribution in [1.82, 2.24) is 5.32 Å². The SMILES string of the molecule is CC/C=C\C/C=C\C/C=C\C/C=C\CCCCCCCCCCCCCCCCCCC(=O)NC(CO)C(O)/C=C/CC/C=C/CC/C=C/CCCCCCCCC. The summed E-state index contributed by atoms with van der Waals surface area (Å²) < 4.78 is 0. The predicted molar refractivity (Wildman–Crippen MR) is 257 cm³/mol. The first-order chi connectivity index (χ1) is 28.7. The number of allylic oxidation sites excluding steroid dienone is 13. The zero-order valence-electron chi connectivity index (χ0n) is 38.3. The van der Waals surface area contributed by atoms with E-state index in [0.29, 0.717) is 6.42 Å². The number of rotatable bonds is 44. The Morgan fingerprint density at radius 3 is 1.21 bits per heavy atom. The van der Waals surface area contributed by atoms with E-state index in [1.54, 1.807) is 6.08 Å². The topological polar surface area (TPSA) is 69.6 Å². The van der Waals surface area contributed by atoms with Gasteiger partial charge in [-0.15, -0.1) is 0 Å². The van der Waals surface area contributed by atoms with Gasteiger partial charge in [-0.3, -0.25) is 4.79 Å². The summed E-state index contributed by atoms with van der Waals surface area (Å²) in [6.45, 7) is 4.17. The molecule has 0 aliphatic carbocycles. The molecule has 334 valence electrons. The summed E-state index contributed by atoms with van der Waals surface area (Å²) in [7, 11) is 0. The lowest BCUT2D eigenvalue weighted by atomic mass is 10.0. The molecule has 2 atom stereocenters. The van der Waals surface area contributed by atoms with Gasteiger partial charge in [-0.25, -0.2) is 0 Å². The van der Waals surface area contributed by atoms with Crippen molar-refractivity contribution in [3.8, 4) is 0 Å². The Kier molecular flexibility index (Phi) is 46.9. The lowest BCUT2D eigenvalue weighted by molar-refractivity contribution is -0.123. The molecule has 4 nitrogen and oxygen atoms in total. The summed E-state index contributed by atoms with van der Waals surface area (Å²) in [6.07, 6.45) is 71.4. The van der Waals surface area contributed by atoms with Gasteiger partial charge in [0.1, 0.15) is 0 Å². The highest BCUT2D eigenvalue weighted by Gasteiger charge is 2.17. The van der Waals surface area contributed by atoms with Crippen molar-refractivity contribution in [3.63, 3.8) is 0 Å². The van der Waals surface area contributed by atoms with Crippen molar-refractivity contribution < 1.29 is 15.0 Å². The highest BCUT2D eigenvalue weighted by atomic mass is 16.3. The van der Waals surface area contributed by atoms with Crippen LogP contribution in [0.1, 0.15) is 232 Å². The van der Waals surface area contributed by atoms with Crippen LogP contribution in [0.5, 0.6) is 0 Å².